The molecule has 1 N–H and O–H groups in total. The molecule has 1 aromatic rings. The normalized spacial score (nSPS) is 16.8. The minimum atomic E-state index is 0.585. The molecule has 3 nitrogen and oxygen atoms in total. The predicted molar refractivity (Wildman–Crippen MR) is 71.7 cm³/mol. The van der Waals surface area contributed by atoms with Crippen molar-refractivity contribution >= 4 is 6.08 Å². The molecule has 0 spiro atoms. The molecular formula is C14H23N3. The fraction of sp³-hybridized carbons (Fsp3) is 0.643. The SMILES string of the molecule is CCn1nccc1/C=C(/CNC1CC1)C(C)C. The number of aromatic nitrogens is 2. The van der Waals surface area contributed by atoms with Gasteiger partial charge in [-0.25, -0.2) is 0 Å². The monoisotopic (exact) mass is 233 g/mol. The Labute approximate surface area is 104 Å². The van der Waals surface area contributed by atoms with Crippen molar-refractivity contribution in [3.8, 4) is 0 Å². The first-order valence-corrected chi connectivity index (χ1v) is 6.66. The van der Waals surface area contributed by atoms with Gasteiger partial charge < -0.3 is 5.32 Å². The van der Waals surface area contributed by atoms with Crippen molar-refractivity contribution in [3.63, 3.8) is 0 Å². The van der Waals surface area contributed by atoms with Gasteiger partial charge in [-0.1, -0.05) is 19.4 Å². The smallest absolute Gasteiger partial charge is 0.0609 e. The van der Waals surface area contributed by atoms with Crippen molar-refractivity contribution in [2.24, 2.45) is 5.92 Å². The number of hydrogen-bond acceptors (Lipinski definition) is 2. The van der Waals surface area contributed by atoms with Crippen LogP contribution in [-0.4, -0.2) is 22.4 Å². The van der Waals surface area contributed by atoms with E-state index in [2.05, 4.69) is 43.3 Å². The van der Waals surface area contributed by atoms with Gasteiger partial charge in [0.25, 0.3) is 0 Å². The summed E-state index contributed by atoms with van der Waals surface area (Å²) in [7, 11) is 0. The van der Waals surface area contributed by atoms with E-state index in [9.17, 15) is 0 Å². The van der Waals surface area contributed by atoms with Crippen LogP contribution < -0.4 is 5.32 Å². The average molecular weight is 233 g/mol. The third-order valence-corrected chi connectivity index (χ3v) is 3.30. The Morgan fingerprint density at radius 1 is 1.59 bits per heavy atom. The summed E-state index contributed by atoms with van der Waals surface area (Å²) in [6.07, 6.45) is 6.86. The van der Waals surface area contributed by atoms with Crippen LogP contribution in [0.3, 0.4) is 0 Å². The number of rotatable bonds is 6. The van der Waals surface area contributed by atoms with Crippen LogP contribution in [0, 0.1) is 5.92 Å². The van der Waals surface area contributed by atoms with Crippen LogP contribution in [0.5, 0.6) is 0 Å². The first kappa shape index (κ1) is 12.4. The molecule has 0 atom stereocenters. The van der Waals surface area contributed by atoms with Crippen molar-refractivity contribution in [3.05, 3.63) is 23.5 Å². The molecule has 0 aliphatic heterocycles. The molecule has 1 fully saturated rings. The molecule has 17 heavy (non-hydrogen) atoms. The summed E-state index contributed by atoms with van der Waals surface area (Å²) < 4.78 is 2.04. The maximum Gasteiger partial charge on any atom is 0.0609 e. The van der Waals surface area contributed by atoms with Gasteiger partial charge in [-0.3, -0.25) is 4.68 Å². The van der Waals surface area contributed by atoms with E-state index in [4.69, 9.17) is 0 Å². The lowest BCUT2D eigenvalue weighted by atomic mass is 10.0. The van der Waals surface area contributed by atoms with Crippen molar-refractivity contribution in [1.82, 2.24) is 15.1 Å². The van der Waals surface area contributed by atoms with Gasteiger partial charge in [0.2, 0.25) is 0 Å². The Morgan fingerprint density at radius 3 is 2.94 bits per heavy atom. The molecule has 1 aliphatic rings. The van der Waals surface area contributed by atoms with E-state index in [1.807, 2.05) is 10.9 Å². The second-order valence-corrected chi connectivity index (χ2v) is 5.10. The first-order valence-electron chi connectivity index (χ1n) is 6.66. The maximum absolute atomic E-state index is 4.31. The lowest BCUT2D eigenvalue weighted by molar-refractivity contribution is 0.644. The molecule has 0 aromatic carbocycles. The molecule has 2 rings (SSSR count). The summed E-state index contributed by atoms with van der Waals surface area (Å²) in [5, 5.41) is 7.90. The van der Waals surface area contributed by atoms with E-state index >= 15 is 0 Å². The van der Waals surface area contributed by atoms with Gasteiger partial charge in [0.1, 0.15) is 0 Å². The quantitative estimate of drug-likeness (QED) is 0.818. The van der Waals surface area contributed by atoms with Gasteiger partial charge in [0.05, 0.1) is 5.69 Å². The second-order valence-electron chi connectivity index (χ2n) is 5.10. The minimum absolute atomic E-state index is 0.585. The Hall–Kier alpha value is -1.09. The first-order chi connectivity index (χ1) is 8.20. The number of aryl methyl sites for hydroxylation is 1. The molecule has 1 aliphatic carbocycles. The van der Waals surface area contributed by atoms with E-state index in [0.29, 0.717) is 5.92 Å². The fourth-order valence-corrected chi connectivity index (χ4v) is 1.89. The molecule has 0 bridgehead atoms. The van der Waals surface area contributed by atoms with E-state index in [0.717, 1.165) is 19.1 Å². The lowest BCUT2D eigenvalue weighted by Crippen LogP contribution is -2.21. The largest absolute Gasteiger partial charge is 0.310 e. The molecule has 3 heteroatoms. The molecule has 1 saturated carbocycles. The topological polar surface area (TPSA) is 29.9 Å². The van der Waals surface area contributed by atoms with Crippen LogP contribution in [0.25, 0.3) is 6.08 Å². The molecule has 94 valence electrons. The summed E-state index contributed by atoms with van der Waals surface area (Å²) in [6.45, 7) is 8.58. The fourth-order valence-electron chi connectivity index (χ4n) is 1.89. The van der Waals surface area contributed by atoms with Crippen LogP contribution in [0.4, 0.5) is 0 Å². The molecule has 0 amide bonds. The van der Waals surface area contributed by atoms with Gasteiger partial charge in [0, 0.05) is 25.3 Å². The van der Waals surface area contributed by atoms with Crippen LogP contribution in [-0.2, 0) is 6.54 Å². The predicted octanol–water partition coefficient (Wildman–Crippen LogP) is 2.69. The number of nitrogens with one attached hydrogen (secondary N) is 1. The zero-order valence-electron chi connectivity index (χ0n) is 11.1. The van der Waals surface area contributed by atoms with Gasteiger partial charge in [-0.05, 0) is 37.8 Å². The molecular weight excluding hydrogens is 210 g/mol. The second kappa shape index (κ2) is 5.50. The highest BCUT2D eigenvalue weighted by Gasteiger charge is 2.20. The maximum atomic E-state index is 4.31. The van der Waals surface area contributed by atoms with Crippen LogP contribution in [0.2, 0.25) is 0 Å². The summed E-state index contributed by atoms with van der Waals surface area (Å²) in [6, 6.07) is 2.86. The Balaban J connectivity index is 2.07. The van der Waals surface area contributed by atoms with Crippen molar-refractivity contribution in [2.45, 2.75) is 46.2 Å². The summed E-state index contributed by atoms with van der Waals surface area (Å²) in [5.41, 5.74) is 2.68. The highest BCUT2D eigenvalue weighted by atomic mass is 15.3. The third kappa shape index (κ3) is 3.43. The average Bonchev–Trinajstić information content (AvgIpc) is 3.02. The molecule has 1 heterocycles. The van der Waals surface area contributed by atoms with Gasteiger partial charge in [-0.15, -0.1) is 0 Å². The van der Waals surface area contributed by atoms with E-state index in [-0.39, 0.29) is 0 Å². The van der Waals surface area contributed by atoms with Crippen LogP contribution >= 0.6 is 0 Å². The molecule has 0 radical (unpaired) electrons. The van der Waals surface area contributed by atoms with Crippen molar-refractivity contribution in [2.75, 3.05) is 6.54 Å². The lowest BCUT2D eigenvalue weighted by Gasteiger charge is -2.13. The number of hydrogen-bond donors (Lipinski definition) is 1. The van der Waals surface area contributed by atoms with Gasteiger partial charge in [-0.2, -0.15) is 5.10 Å². The third-order valence-electron chi connectivity index (χ3n) is 3.30. The molecule has 1 aromatic heterocycles. The van der Waals surface area contributed by atoms with Crippen LogP contribution in [0.1, 0.15) is 39.3 Å². The zero-order valence-corrected chi connectivity index (χ0v) is 11.1. The number of nitrogens with zero attached hydrogens (tertiary/aromatic N) is 2. The highest BCUT2D eigenvalue weighted by Crippen LogP contribution is 2.20. The van der Waals surface area contributed by atoms with E-state index < -0.39 is 0 Å². The summed E-state index contributed by atoms with van der Waals surface area (Å²) in [5.74, 6) is 0.585. The standard InChI is InChI=1S/C14H23N3/c1-4-17-14(7-8-16-17)9-12(11(2)3)10-15-13-5-6-13/h7-9,11,13,15H,4-6,10H2,1-3H3/b12-9-. The minimum Gasteiger partial charge on any atom is -0.310 e. The molecule has 0 unspecified atom stereocenters. The summed E-state index contributed by atoms with van der Waals surface area (Å²) >= 11 is 0. The summed E-state index contributed by atoms with van der Waals surface area (Å²) in [4.78, 5) is 0. The Bertz CT molecular complexity index is 386. The van der Waals surface area contributed by atoms with Gasteiger partial charge >= 0.3 is 0 Å². The zero-order chi connectivity index (χ0) is 12.3. The van der Waals surface area contributed by atoms with Gasteiger partial charge in [0.15, 0.2) is 0 Å². The molecule has 0 saturated heterocycles. The highest BCUT2D eigenvalue weighted by molar-refractivity contribution is 5.50. The van der Waals surface area contributed by atoms with E-state index in [1.165, 1.54) is 24.1 Å². The van der Waals surface area contributed by atoms with Crippen molar-refractivity contribution in [1.29, 1.82) is 0 Å². The Morgan fingerprint density at radius 2 is 2.35 bits per heavy atom. The van der Waals surface area contributed by atoms with Crippen LogP contribution in [0.15, 0.2) is 17.8 Å². The Kier molecular flexibility index (Phi) is 4.00. The van der Waals surface area contributed by atoms with Crippen molar-refractivity contribution < 1.29 is 0 Å². The van der Waals surface area contributed by atoms with E-state index in [1.54, 1.807) is 0 Å².